The van der Waals surface area contributed by atoms with Crippen molar-refractivity contribution in [1.29, 1.82) is 0 Å². The second-order valence-corrected chi connectivity index (χ2v) is 19.7. The van der Waals surface area contributed by atoms with Crippen molar-refractivity contribution < 1.29 is 73.4 Å². The molecule has 6 amide bonds. The third-order valence-electron chi connectivity index (χ3n) is 11.1. The van der Waals surface area contributed by atoms with Crippen molar-refractivity contribution in [1.82, 2.24) is 29.9 Å². The summed E-state index contributed by atoms with van der Waals surface area (Å²) in [7, 11) is 0. The summed E-state index contributed by atoms with van der Waals surface area (Å²) in [5, 5.41) is 5.60. The molecule has 1 unspecified atom stereocenters. The predicted molar refractivity (Wildman–Crippen MR) is 250 cm³/mol. The van der Waals surface area contributed by atoms with Crippen molar-refractivity contribution in [3.63, 3.8) is 0 Å². The fraction of sp³-hybridized carbons (Fsp3) is 0.500. The van der Waals surface area contributed by atoms with E-state index in [4.69, 9.17) is 4.74 Å². The van der Waals surface area contributed by atoms with Gasteiger partial charge >= 0.3 is 12.0 Å². The van der Waals surface area contributed by atoms with Gasteiger partial charge in [0.15, 0.2) is 0 Å². The molecule has 2 aliphatic rings. The third-order valence-corrected chi connectivity index (χ3v) is 12.1. The first-order chi connectivity index (χ1) is 31.3. The Morgan fingerprint density at radius 2 is 1.66 bits per heavy atom. The number of nitrogens with one attached hydrogen (secondary N) is 2. The Morgan fingerprint density at radius 1 is 0.955 bits per heavy atom. The number of hydrogen-bond acceptors (Lipinski definition) is 8. The fourth-order valence-electron chi connectivity index (χ4n) is 8.04. The molecule has 3 heterocycles. The zero-order valence-corrected chi connectivity index (χ0v) is 44.2. The number of amides is 6. The number of aromatic nitrogens is 1. The minimum atomic E-state index is -0.810. The monoisotopic (exact) mass is 1170 g/mol. The summed E-state index contributed by atoms with van der Waals surface area (Å²) in [5.74, 6) is 2.66. The number of ether oxygens (including phenoxy) is 1. The SMILES string of the molecule is [CH2-]C(C)(C)[C@H](c1cc(-c2cc(F)ccc2F)cn1Cc1ccccc1)N(CC1CCN(C(=O)OC(C)(C)C)C1)C(=O)CSCCC(=O)NCCNC(=O)CCCCCN1C(=O)C#CCC1=O.[U]. The van der Waals surface area contributed by atoms with Crippen LogP contribution in [-0.4, -0.2) is 111 Å². The number of nitrogens with zero attached hydrogens (tertiary/aromatic N) is 4. The summed E-state index contributed by atoms with van der Waals surface area (Å²) in [5.41, 5.74) is 0.705. The van der Waals surface area contributed by atoms with Crippen LogP contribution < -0.4 is 10.6 Å². The molecule has 2 aliphatic heterocycles. The second kappa shape index (κ2) is 25.6. The van der Waals surface area contributed by atoms with Crippen LogP contribution >= 0.6 is 11.8 Å². The van der Waals surface area contributed by atoms with Crippen LogP contribution in [-0.2, 0) is 35.3 Å². The van der Waals surface area contributed by atoms with Crippen LogP contribution in [0.2, 0.25) is 0 Å². The van der Waals surface area contributed by atoms with Gasteiger partial charge in [-0.1, -0.05) is 56.5 Å². The molecule has 360 valence electrons. The zero-order valence-electron chi connectivity index (χ0n) is 39.3. The smallest absolute Gasteiger partial charge is 0.410 e. The van der Waals surface area contributed by atoms with E-state index in [1.807, 2.05) is 75.6 Å². The van der Waals surface area contributed by atoms with E-state index in [0.29, 0.717) is 62.3 Å². The molecule has 17 heteroatoms. The van der Waals surface area contributed by atoms with Gasteiger partial charge < -0.3 is 36.7 Å². The summed E-state index contributed by atoms with van der Waals surface area (Å²) < 4.78 is 37.5. The van der Waals surface area contributed by atoms with Crippen LogP contribution in [0.15, 0.2) is 60.8 Å². The number of benzene rings is 2. The Kier molecular flexibility index (Phi) is 21.0. The van der Waals surface area contributed by atoms with Crippen molar-refractivity contribution in [2.75, 3.05) is 50.8 Å². The number of unbranched alkanes of at least 4 members (excludes halogenated alkanes) is 2. The number of rotatable bonds is 22. The molecule has 1 aromatic heterocycles. The van der Waals surface area contributed by atoms with Gasteiger partial charge in [-0.3, -0.25) is 28.9 Å². The van der Waals surface area contributed by atoms with Crippen molar-refractivity contribution in [3.8, 4) is 23.0 Å². The summed E-state index contributed by atoms with van der Waals surface area (Å²) in [4.78, 5) is 81.1. The molecular weight excluding hydrogens is 1100 g/mol. The van der Waals surface area contributed by atoms with Crippen molar-refractivity contribution in [3.05, 3.63) is 90.6 Å². The van der Waals surface area contributed by atoms with Gasteiger partial charge in [0.2, 0.25) is 23.6 Å². The first-order valence-corrected chi connectivity index (χ1v) is 23.7. The molecule has 1 saturated heterocycles. The number of hydrogen-bond donors (Lipinski definition) is 2. The molecule has 2 N–H and O–H groups in total. The molecular formula is C50H63F2N6O7SU-. The second-order valence-electron chi connectivity index (χ2n) is 18.6. The van der Waals surface area contributed by atoms with Gasteiger partial charge in [-0.15, -0.1) is 5.41 Å². The van der Waals surface area contributed by atoms with Gasteiger partial charge in [0, 0.05) is 125 Å². The summed E-state index contributed by atoms with van der Waals surface area (Å²) in [6, 6.07) is 14.2. The van der Waals surface area contributed by atoms with E-state index >= 15 is 4.39 Å². The van der Waals surface area contributed by atoms with Crippen molar-refractivity contribution in [2.24, 2.45) is 11.3 Å². The number of thioether (sulfide) groups is 1. The van der Waals surface area contributed by atoms with E-state index in [2.05, 4.69) is 29.4 Å². The Labute approximate surface area is 421 Å². The number of carbonyl (C=O) groups is 6. The van der Waals surface area contributed by atoms with E-state index in [-0.39, 0.29) is 117 Å². The number of carbonyl (C=O) groups excluding carboxylic acids is 6. The largest absolute Gasteiger partial charge is 0.444 e. The maximum atomic E-state index is 15.3. The van der Waals surface area contributed by atoms with Crippen molar-refractivity contribution in [2.45, 2.75) is 97.8 Å². The topological polar surface area (TPSA) is 150 Å². The quantitative estimate of drug-likeness (QED) is 0.0467. The van der Waals surface area contributed by atoms with Crippen LogP contribution in [0.1, 0.15) is 96.9 Å². The molecule has 1 fully saturated rings. The maximum absolute atomic E-state index is 15.3. The van der Waals surface area contributed by atoms with Crippen LogP contribution in [0.3, 0.4) is 0 Å². The Balaban J connectivity index is 0.00000980. The first-order valence-electron chi connectivity index (χ1n) is 22.6. The Hall–Kier alpha value is -4.64. The van der Waals surface area contributed by atoms with Gasteiger partial charge in [-0.25, -0.2) is 13.6 Å². The van der Waals surface area contributed by atoms with Gasteiger partial charge in [-0.05, 0) is 81.7 Å². The molecule has 13 nitrogen and oxygen atoms in total. The predicted octanol–water partition coefficient (Wildman–Crippen LogP) is 7.15. The molecule has 2 aromatic carbocycles. The van der Waals surface area contributed by atoms with Gasteiger partial charge in [0.05, 0.1) is 12.2 Å². The van der Waals surface area contributed by atoms with Crippen molar-refractivity contribution >= 4 is 47.4 Å². The van der Waals surface area contributed by atoms with E-state index in [0.717, 1.165) is 28.7 Å². The molecule has 0 radical (unpaired) electrons. The molecule has 2 atom stereocenters. The molecule has 0 aliphatic carbocycles. The van der Waals surface area contributed by atoms with E-state index < -0.39 is 40.7 Å². The summed E-state index contributed by atoms with van der Waals surface area (Å²) in [6.45, 7) is 16.1. The number of imide groups is 1. The minimum absolute atomic E-state index is 0. The summed E-state index contributed by atoms with van der Waals surface area (Å²) >= 11 is 1.32. The molecule has 67 heavy (non-hydrogen) atoms. The van der Waals surface area contributed by atoms with E-state index in [1.54, 1.807) is 16.0 Å². The molecule has 5 rings (SSSR count). The molecule has 3 aromatic rings. The van der Waals surface area contributed by atoms with Gasteiger partial charge in [-0.2, -0.15) is 11.8 Å². The summed E-state index contributed by atoms with van der Waals surface area (Å²) in [6.07, 6.45) is 4.28. The molecule has 0 bridgehead atoms. The average Bonchev–Trinajstić information content (AvgIpc) is 3.89. The average molecular weight is 1170 g/mol. The fourth-order valence-corrected chi connectivity index (χ4v) is 8.86. The maximum Gasteiger partial charge on any atom is 0.410 e. The van der Waals surface area contributed by atoms with Crippen LogP contribution in [0.25, 0.3) is 11.1 Å². The number of likely N-dealkylation sites (tertiary alicyclic amines) is 1. The Morgan fingerprint density at radius 3 is 2.33 bits per heavy atom. The Bertz CT molecular complexity index is 2270. The zero-order chi connectivity index (χ0) is 48.0. The van der Waals surface area contributed by atoms with Crippen LogP contribution in [0.4, 0.5) is 13.6 Å². The van der Waals surface area contributed by atoms with Gasteiger partial charge in [0.25, 0.3) is 0 Å². The minimum Gasteiger partial charge on any atom is -0.444 e. The standard InChI is InChI=1S/C50H63F2N6O7S.U/c1-49(2,3)47(41-28-37(39-29-38(51)19-20-40(39)52)33-56(41)30-35-14-9-7-10-15-35)58(32-36-21-26-55(31-36)48(64)65-50(4,5)6)46(63)34-66-27-22-43(60)54-24-23-53-42(59)16-11-8-12-25-57-44(61)17-13-18-45(57)62;/h7,9-10,14-15,19-20,28-29,33,36,47H,1,8,11-12,16-17,21-27,30-32,34H2,2-6H3,(H,53,59)(H,54,60);/q-1;/t36?,47-;/m0./s1. The third kappa shape index (κ3) is 17.1. The van der Waals surface area contributed by atoms with Gasteiger partial charge in [0.1, 0.15) is 17.2 Å². The van der Waals surface area contributed by atoms with Crippen LogP contribution in [0, 0.1) is 72.8 Å². The normalized spacial score (nSPS) is 15.3. The number of halogens is 2. The molecule has 0 spiro atoms. The van der Waals surface area contributed by atoms with E-state index in [9.17, 15) is 33.2 Å². The van der Waals surface area contributed by atoms with E-state index in [1.165, 1.54) is 11.8 Å². The molecule has 0 saturated carbocycles. The first kappa shape index (κ1) is 55.0. The van der Waals surface area contributed by atoms with Crippen LogP contribution in [0.5, 0.6) is 0 Å².